The number of anilines is 1. The fourth-order valence-corrected chi connectivity index (χ4v) is 3.44. The van der Waals surface area contributed by atoms with Gasteiger partial charge < -0.3 is 0 Å². The highest BCUT2D eigenvalue weighted by Crippen LogP contribution is 2.36. The van der Waals surface area contributed by atoms with Gasteiger partial charge in [-0.15, -0.1) is 0 Å². The molecular formula is C19H13ClFNO2S. The first kappa shape index (κ1) is 17.5. The van der Waals surface area contributed by atoms with Gasteiger partial charge in [0.25, 0.3) is 11.1 Å². The van der Waals surface area contributed by atoms with Crippen molar-refractivity contribution in [2.45, 2.75) is 6.92 Å². The van der Waals surface area contributed by atoms with E-state index < -0.39 is 17.0 Å². The molecular weight excluding hydrogens is 361 g/mol. The second-order valence-electron chi connectivity index (χ2n) is 5.41. The lowest BCUT2D eigenvalue weighted by Crippen LogP contribution is -2.27. The molecule has 0 atom stereocenters. The molecule has 126 valence electrons. The molecule has 25 heavy (non-hydrogen) atoms. The Hall–Kier alpha value is -2.37. The molecule has 0 saturated carbocycles. The number of carbonyl (C=O) groups is 2. The van der Waals surface area contributed by atoms with Gasteiger partial charge in [0.15, 0.2) is 0 Å². The lowest BCUT2D eigenvalue weighted by molar-refractivity contribution is -0.113. The second kappa shape index (κ2) is 7.25. The van der Waals surface area contributed by atoms with E-state index in [1.807, 2.05) is 43.3 Å². The van der Waals surface area contributed by atoms with Crippen molar-refractivity contribution in [1.29, 1.82) is 0 Å². The molecule has 6 heteroatoms. The van der Waals surface area contributed by atoms with Crippen LogP contribution in [0.3, 0.4) is 0 Å². The third-order valence-electron chi connectivity index (χ3n) is 3.51. The zero-order valence-electron chi connectivity index (χ0n) is 13.2. The van der Waals surface area contributed by atoms with Gasteiger partial charge in [-0.25, -0.2) is 9.29 Å². The van der Waals surface area contributed by atoms with Crippen LogP contribution in [0.5, 0.6) is 0 Å². The monoisotopic (exact) mass is 373 g/mol. The highest BCUT2D eigenvalue weighted by Gasteiger charge is 2.36. The number of hydrogen-bond donors (Lipinski definition) is 0. The molecule has 0 aromatic heterocycles. The van der Waals surface area contributed by atoms with E-state index in [9.17, 15) is 14.0 Å². The van der Waals surface area contributed by atoms with E-state index in [2.05, 4.69) is 0 Å². The van der Waals surface area contributed by atoms with Crippen LogP contribution in [-0.2, 0) is 4.79 Å². The molecule has 3 rings (SSSR count). The smallest absolute Gasteiger partial charge is 0.268 e. The van der Waals surface area contributed by atoms with E-state index in [1.54, 1.807) is 6.08 Å². The molecule has 1 aliphatic heterocycles. The second-order valence-corrected chi connectivity index (χ2v) is 6.81. The van der Waals surface area contributed by atoms with Crippen molar-refractivity contribution in [2.24, 2.45) is 0 Å². The molecule has 0 N–H and O–H groups in total. The Labute approximate surface area is 153 Å². The molecule has 3 nitrogen and oxygen atoms in total. The van der Waals surface area contributed by atoms with Crippen molar-refractivity contribution in [3.8, 4) is 0 Å². The highest BCUT2D eigenvalue weighted by molar-refractivity contribution is 8.18. The maximum Gasteiger partial charge on any atom is 0.298 e. The summed E-state index contributed by atoms with van der Waals surface area (Å²) in [5.74, 6) is -1.05. The summed E-state index contributed by atoms with van der Waals surface area (Å²) in [6.45, 7) is 1.86. The number of halogens is 2. The van der Waals surface area contributed by atoms with Gasteiger partial charge in [-0.1, -0.05) is 48.0 Å². The molecule has 1 aliphatic rings. The summed E-state index contributed by atoms with van der Waals surface area (Å²) in [6, 6.07) is 13.4. The van der Waals surface area contributed by atoms with E-state index >= 15 is 0 Å². The number of nitrogens with zero attached hydrogens (tertiary/aromatic N) is 1. The Bertz CT molecular complexity index is 909. The van der Waals surface area contributed by atoms with Crippen LogP contribution in [0.4, 0.5) is 14.9 Å². The molecule has 1 fully saturated rings. The van der Waals surface area contributed by atoms with E-state index in [-0.39, 0.29) is 10.7 Å². The molecule has 1 heterocycles. The van der Waals surface area contributed by atoms with Crippen molar-refractivity contribution >= 4 is 46.3 Å². The first-order valence-corrected chi connectivity index (χ1v) is 8.61. The van der Waals surface area contributed by atoms with Gasteiger partial charge in [0.2, 0.25) is 0 Å². The first-order chi connectivity index (χ1) is 12.0. The van der Waals surface area contributed by atoms with E-state index in [0.29, 0.717) is 4.91 Å². The quantitative estimate of drug-likeness (QED) is 0.651. The minimum absolute atomic E-state index is 0.138. The van der Waals surface area contributed by atoms with Crippen LogP contribution in [0.2, 0.25) is 5.02 Å². The van der Waals surface area contributed by atoms with Gasteiger partial charge in [0, 0.05) is 0 Å². The SMILES string of the molecule is CC(/C=C1\SC(=O)N(c2ccc(F)c(Cl)c2)C1=O)=C\c1ccccc1. The highest BCUT2D eigenvalue weighted by atomic mass is 35.5. The van der Waals surface area contributed by atoms with E-state index in [0.717, 1.165) is 33.9 Å². The normalized spacial score (nSPS) is 16.8. The standard InChI is InChI=1S/C19H13ClFNO2S/c1-12(9-13-5-3-2-4-6-13)10-17-18(23)22(19(24)25-17)14-7-8-16(21)15(20)11-14/h2-11H,1H3/b12-9+,17-10-. The number of rotatable bonds is 3. The molecule has 2 aromatic carbocycles. The third-order valence-corrected chi connectivity index (χ3v) is 4.67. The fraction of sp³-hybridized carbons (Fsp3) is 0.0526. The van der Waals surface area contributed by atoms with Crippen molar-refractivity contribution in [1.82, 2.24) is 0 Å². The summed E-state index contributed by atoms with van der Waals surface area (Å²) in [6.07, 6.45) is 3.59. The van der Waals surface area contributed by atoms with Crippen LogP contribution < -0.4 is 4.90 Å². The summed E-state index contributed by atoms with van der Waals surface area (Å²) < 4.78 is 13.3. The van der Waals surface area contributed by atoms with E-state index in [4.69, 9.17) is 11.6 Å². The summed E-state index contributed by atoms with van der Waals surface area (Å²) in [7, 11) is 0. The van der Waals surface area contributed by atoms with Crippen LogP contribution in [0.25, 0.3) is 6.08 Å². The number of hydrogen-bond acceptors (Lipinski definition) is 3. The van der Waals surface area contributed by atoms with Crippen LogP contribution in [0, 0.1) is 5.82 Å². The van der Waals surface area contributed by atoms with Crippen LogP contribution in [0.15, 0.2) is 65.1 Å². The number of carbonyl (C=O) groups excluding carboxylic acids is 2. The summed E-state index contributed by atoms with van der Waals surface area (Å²) in [5, 5.41) is -0.577. The molecule has 0 unspecified atom stereocenters. The van der Waals surface area contributed by atoms with Gasteiger partial charge >= 0.3 is 0 Å². The topological polar surface area (TPSA) is 37.4 Å². The Morgan fingerprint density at radius 1 is 1.16 bits per heavy atom. The van der Waals surface area contributed by atoms with E-state index in [1.165, 1.54) is 12.1 Å². The molecule has 0 bridgehead atoms. The first-order valence-electron chi connectivity index (χ1n) is 7.42. The maximum absolute atomic E-state index is 13.3. The average molecular weight is 374 g/mol. The van der Waals surface area contributed by atoms with Gasteiger partial charge in [0.05, 0.1) is 15.6 Å². The Morgan fingerprint density at radius 2 is 1.88 bits per heavy atom. The number of benzene rings is 2. The summed E-state index contributed by atoms with van der Waals surface area (Å²) >= 11 is 6.59. The van der Waals surface area contributed by atoms with Crippen molar-refractivity contribution < 1.29 is 14.0 Å². The predicted octanol–water partition coefficient (Wildman–Crippen LogP) is 5.67. The van der Waals surface area contributed by atoms with Gasteiger partial charge in [-0.2, -0.15) is 0 Å². The van der Waals surface area contributed by atoms with Crippen molar-refractivity contribution in [3.63, 3.8) is 0 Å². The number of amides is 2. The predicted molar refractivity (Wildman–Crippen MR) is 100 cm³/mol. The molecule has 0 spiro atoms. The molecule has 2 aromatic rings. The van der Waals surface area contributed by atoms with Gasteiger partial charge in [-0.3, -0.25) is 9.59 Å². The lowest BCUT2D eigenvalue weighted by Gasteiger charge is -2.12. The zero-order valence-corrected chi connectivity index (χ0v) is 14.8. The van der Waals surface area contributed by atoms with Crippen molar-refractivity contribution in [2.75, 3.05) is 4.90 Å². The number of thioether (sulfide) groups is 1. The molecule has 0 aliphatic carbocycles. The lowest BCUT2D eigenvalue weighted by atomic mass is 10.1. The summed E-state index contributed by atoms with van der Waals surface area (Å²) in [4.78, 5) is 26.1. The molecule has 1 saturated heterocycles. The molecule has 2 amide bonds. The Kier molecular flexibility index (Phi) is 5.06. The zero-order chi connectivity index (χ0) is 18.0. The minimum Gasteiger partial charge on any atom is -0.268 e. The van der Waals surface area contributed by atoms with Crippen LogP contribution in [0.1, 0.15) is 12.5 Å². The largest absolute Gasteiger partial charge is 0.298 e. The van der Waals surface area contributed by atoms with Crippen LogP contribution in [-0.4, -0.2) is 11.1 Å². The van der Waals surface area contributed by atoms with Gasteiger partial charge in [-0.05, 0) is 54.1 Å². The van der Waals surface area contributed by atoms with Crippen LogP contribution >= 0.6 is 23.4 Å². The van der Waals surface area contributed by atoms with Crippen molar-refractivity contribution in [3.05, 3.63) is 81.5 Å². The number of allylic oxidation sites excluding steroid dienone is 2. The molecule has 0 radical (unpaired) electrons. The average Bonchev–Trinajstić information content (AvgIpc) is 2.85. The Morgan fingerprint density at radius 3 is 2.56 bits per heavy atom. The summed E-state index contributed by atoms with van der Waals surface area (Å²) in [5.41, 5.74) is 2.09. The third kappa shape index (κ3) is 3.83. The minimum atomic E-state index is -0.602. The van der Waals surface area contributed by atoms with Gasteiger partial charge in [0.1, 0.15) is 5.82 Å². The number of imide groups is 1. The maximum atomic E-state index is 13.3. The fourth-order valence-electron chi connectivity index (χ4n) is 2.38. The Balaban J connectivity index is 1.88.